The normalized spacial score (nSPS) is 10.6. The van der Waals surface area contributed by atoms with Gasteiger partial charge in [-0.1, -0.05) is 13.3 Å². The molecule has 0 amide bonds. The van der Waals surface area contributed by atoms with Gasteiger partial charge in [0, 0.05) is 0 Å². The average Bonchev–Trinajstić information content (AvgIpc) is 2.78. The van der Waals surface area contributed by atoms with Gasteiger partial charge in [-0.2, -0.15) is 0 Å². The molecule has 2 heterocycles. The van der Waals surface area contributed by atoms with Crippen LogP contribution in [0.2, 0.25) is 0 Å². The minimum Gasteiger partial charge on any atom is -0.472 e. The van der Waals surface area contributed by atoms with E-state index in [1.807, 2.05) is 22.6 Å². The molecule has 0 unspecified atom stereocenters. The van der Waals surface area contributed by atoms with Gasteiger partial charge in [0.1, 0.15) is 12.1 Å². The van der Waals surface area contributed by atoms with Gasteiger partial charge in [0.25, 0.3) is 5.56 Å². The first-order valence-electron chi connectivity index (χ1n) is 5.03. The van der Waals surface area contributed by atoms with E-state index in [0.717, 1.165) is 24.1 Å². The maximum absolute atomic E-state index is 11.7. The van der Waals surface area contributed by atoms with Crippen LogP contribution in [0.4, 0.5) is 0 Å². The molecule has 84 valence electrons. The van der Waals surface area contributed by atoms with Gasteiger partial charge in [0.05, 0.1) is 21.1 Å². The number of rotatable bonds is 3. The fraction of sp³-hybridized carbons (Fsp3) is 0.273. The molecule has 16 heavy (non-hydrogen) atoms. The van der Waals surface area contributed by atoms with Crippen molar-refractivity contribution in [3.63, 3.8) is 0 Å². The van der Waals surface area contributed by atoms with Gasteiger partial charge >= 0.3 is 0 Å². The van der Waals surface area contributed by atoms with Crippen LogP contribution < -0.4 is 5.56 Å². The molecule has 0 saturated heterocycles. The number of hydrogen-bond acceptors (Lipinski definition) is 3. The zero-order valence-electron chi connectivity index (χ0n) is 8.79. The molecule has 4 nitrogen and oxygen atoms in total. The summed E-state index contributed by atoms with van der Waals surface area (Å²) in [5.74, 6) is 0.572. The topological polar surface area (TPSA) is 58.9 Å². The van der Waals surface area contributed by atoms with Crippen molar-refractivity contribution in [2.24, 2.45) is 0 Å². The Bertz CT molecular complexity index is 531. The van der Waals surface area contributed by atoms with Gasteiger partial charge in [-0.15, -0.1) is 0 Å². The number of nitrogens with one attached hydrogen (secondary N) is 1. The number of hydrogen-bond donors (Lipinski definition) is 1. The maximum atomic E-state index is 11.7. The number of H-pyrrole nitrogens is 1. The molecule has 0 fully saturated rings. The molecule has 0 aliphatic rings. The lowest BCUT2D eigenvalue weighted by Gasteiger charge is -2.03. The Labute approximate surface area is 106 Å². The molecule has 5 heteroatoms. The standard InChI is InChI=1S/C11H11IN2O2/c1-2-3-8-9(12)11(15)14-10(13-8)7-4-5-16-6-7/h4-6H,2-3H2,1H3,(H,13,14,15). The third kappa shape index (κ3) is 2.18. The molecule has 0 aliphatic heterocycles. The molecule has 0 bridgehead atoms. The Kier molecular flexibility index (Phi) is 3.42. The SMILES string of the molecule is CCCc1nc(-c2ccoc2)[nH]c(=O)c1I. The van der Waals surface area contributed by atoms with Crippen LogP contribution in [0.25, 0.3) is 11.4 Å². The van der Waals surface area contributed by atoms with Crippen molar-refractivity contribution < 1.29 is 4.42 Å². The predicted octanol–water partition coefficient (Wildman–Crippen LogP) is 2.59. The van der Waals surface area contributed by atoms with Crippen LogP contribution in [-0.2, 0) is 6.42 Å². The number of nitrogens with zero attached hydrogens (tertiary/aromatic N) is 1. The van der Waals surface area contributed by atoms with Crippen LogP contribution in [0.5, 0.6) is 0 Å². The highest BCUT2D eigenvalue weighted by Crippen LogP contribution is 2.16. The van der Waals surface area contributed by atoms with Crippen LogP contribution in [0, 0.1) is 3.57 Å². The first kappa shape index (κ1) is 11.4. The molecule has 0 spiro atoms. The monoisotopic (exact) mass is 330 g/mol. The fourth-order valence-electron chi connectivity index (χ4n) is 1.44. The van der Waals surface area contributed by atoms with Crippen LogP contribution in [-0.4, -0.2) is 9.97 Å². The summed E-state index contributed by atoms with van der Waals surface area (Å²) in [7, 11) is 0. The van der Waals surface area contributed by atoms with E-state index in [2.05, 4.69) is 16.9 Å². The van der Waals surface area contributed by atoms with Crippen molar-refractivity contribution in [1.82, 2.24) is 9.97 Å². The summed E-state index contributed by atoms with van der Waals surface area (Å²) in [6, 6.07) is 1.78. The minimum atomic E-state index is -0.0877. The summed E-state index contributed by atoms with van der Waals surface area (Å²) in [4.78, 5) is 18.9. The van der Waals surface area contributed by atoms with E-state index in [4.69, 9.17) is 4.42 Å². The molecule has 2 rings (SSSR count). The Morgan fingerprint density at radius 1 is 1.56 bits per heavy atom. The first-order valence-corrected chi connectivity index (χ1v) is 6.11. The Hall–Kier alpha value is -1.11. The Balaban J connectivity index is 2.53. The zero-order chi connectivity index (χ0) is 11.5. The summed E-state index contributed by atoms with van der Waals surface area (Å²) >= 11 is 2.03. The smallest absolute Gasteiger partial charge is 0.264 e. The fourth-order valence-corrected chi connectivity index (χ4v) is 1.97. The van der Waals surface area contributed by atoms with Crippen molar-refractivity contribution in [2.45, 2.75) is 19.8 Å². The van der Waals surface area contributed by atoms with E-state index in [1.165, 1.54) is 0 Å². The third-order valence-corrected chi connectivity index (χ3v) is 3.33. The number of aryl methyl sites for hydroxylation is 1. The largest absolute Gasteiger partial charge is 0.472 e. The number of halogens is 1. The molecule has 0 aliphatic carbocycles. The van der Waals surface area contributed by atoms with E-state index in [1.54, 1.807) is 18.6 Å². The summed E-state index contributed by atoms with van der Waals surface area (Å²) in [5, 5.41) is 0. The summed E-state index contributed by atoms with van der Waals surface area (Å²) < 4.78 is 5.65. The summed E-state index contributed by atoms with van der Waals surface area (Å²) in [5.41, 5.74) is 1.56. The van der Waals surface area contributed by atoms with Crippen LogP contribution in [0.3, 0.4) is 0 Å². The van der Waals surface area contributed by atoms with Crippen molar-refractivity contribution in [3.8, 4) is 11.4 Å². The van der Waals surface area contributed by atoms with E-state index in [0.29, 0.717) is 9.39 Å². The molecular weight excluding hydrogens is 319 g/mol. The van der Waals surface area contributed by atoms with Gasteiger partial charge in [0.2, 0.25) is 0 Å². The molecule has 1 N–H and O–H groups in total. The third-order valence-electron chi connectivity index (χ3n) is 2.21. The quantitative estimate of drug-likeness (QED) is 0.880. The highest BCUT2D eigenvalue weighted by Gasteiger charge is 2.09. The molecule has 2 aromatic rings. The number of aromatic nitrogens is 2. The van der Waals surface area contributed by atoms with Gasteiger partial charge in [-0.05, 0) is 35.1 Å². The Morgan fingerprint density at radius 2 is 2.38 bits per heavy atom. The molecule has 0 radical (unpaired) electrons. The molecule has 0 saturated carbocycles. The van der Waals surface area contributed by atoms with Gasteiger partial charge < -0.3 is 9.40 Å². The molecule has 0 aromatic carbocycles. The summed E-state index contributed by atoms with van der Waals surface area (Å²) in [6.45, 7) is 2.07. The molecule has 2 aromatic heterocycles. The van der Waals surface area contributed by atoms with Crippen molar-refractivity contribution in [3.05, 3.63) is 38.2 Å². The molecular formula is C11H11IN2O2. The number of furan rings is 1. The van der Waals surface area contributed by atoms with Crippen LogP contribution in [0.15, 0.2) is 27.8 Å². The maximum Gasteiger partial charge on any atom is 0.264 e. The first-order chi connectivity index (χ1) is 7.72. The second-order valence-corrected chi connectivity index (χ2v) is 4.52. The average molecular weight is 330 g/mol. The molecule has 0 atom stereocenters. The van der Waals surface area contributed by atoms with Gasteiger partial charge in [-0.3, -0.25) is 4.79 Å². The minimum absolute atomic E-state index is 0.0877. The summed E-state index contributed by atoms with van der Waals surface area (Å²) in [6.07, 6.45) is 4.91. The van der Waals surface area contributed by atoms with Gasteiger partial charge in [-0.25, -0.2) is 4.98 Å². The number of aromatic amines is 1. The predicted molar refractivity (Wildman–Crippen MR) is 69.3 cm³/mol. The lowest BCUT2D eigenvalue weighted by molar-refractivity contribution is 0.568. The van der Waals surface area contributed by atoms with Crippen molar-refractivity contribution in [2.75, 3.05) is 0 Å². The highest BCUT2D eigenvalue weighted by molar-refractivity contribution is 14.1. The van der Waals surface area contributed by atoms with Crippen LogP contribution >= 0.6 is 22.6 Å². The second kappa shape index (κ2) is 4.82. The lowest BCUT2D eigenvalue weighted by atomic mass is 10.2. The van der Waals surface area contributed by atoms with Crippen molar-refractivity contribution >= 4 is 22.6 Å². The van der Waals surface area contributed by atoms with E-state index in [-0.39, 0.29) is 5.56 Å². The second-order valence-electron chi connectivity index (χ2n) is 3.44. The van der Waals surface area contributed by atoms with Crippen LogP contribution in [0.1, 0.15) is 19.0 Å². The van der Waals surface area contributed by atoms with Gasteiger partial charge in [0.15, 0.2) is 0 Å². The Morgan fingerprint density at radius 3 is 3.00 bits per heavy atom. The van der Waals surface area contributed by atoms with Crippen molar-refractivity contribution in [1.29, 1.82) is 0 Å². The van der Waals surface area contributed by atoms with E-state index < -0.39 is 0 Å². The lowest BCUT2D eigenvalue weighted by Crippen LogP contribution is -2.16. The van der Waals surface area contributed by atoms with E-state index in [9.17, 15) is 4.79 Å². The zero-order valence-corrected chi connectivity index (χ0v) is 10.9. The highest BCUT2D eigenvalue weighted by atomic mass is 127. The van der Waals surface area contributed by atoms with E-state index >= 15 is 0 Å².